The number of hydrogen-bond acceptors (Lipinski definition) is 6. The zero-order valence-corrected chi connectivity index (χ0v) is 19.3. The second-order valence-electron chi connectivity index (χ2n) is 10.1. The van der Waals surface area contributed by atoms with E-state index in [1.165, 1.54) is 4.52 Å². The fourth-order valence-corrected chi connectivity index (χ4v) is 3.94. The van der Waals surface area contributed by atoms with Gasteiger partial charge >= 0.3 is 12.3 Å². The van der Waals surface area contributed by atoms with Crippen molar-refractivity contribution in [1.29, 1.82) is 0 Å². The summed E-state index contributed by atoms with van der Waals surface area (Å²) in [6.45, 7) is 8.25. The Bertz CT molecular complexity index is 1010. The first kappa shape index (κ1) is 23.4. The summed E-state index contributed by atoms with van der Waals surface area (Å²) in [7, 11) is 0. The van der Waals surface area contributed by atoms with Gasteiger partial charge in [0.1, 0.15) is 17.6 Å². The molecule has 1 saturated heterocycles. The third-order valence-electron chi connectivity index (χ3n) is 6.23. The first-order chi connectivity index (χ1) is 15.4. The Kier molecular flexibility index (Phi) is 5.86. The smallest absolute Gasteiger partial charge is 0.410 e. The molecule has 2 atom stereocenters. The normalized spacial score (nSPS) is 21.2. The number of anilines is 1. The number of aromatic nitrogens is 3. The number of pyridine rings is 1. The van der Waals surface area contributed by atoms with Gasteiger partial charge in [0.15, 0.2) is 11.4 Å². The maximum absolute atomic E-state index is 13.2. The van der Waals surface area contributed by atoms with Crippen LogP contribution >= 0.6 is 0 Å². The minimum Gasteiger partial charge on any atom is -0.489 e. The van der Waals surface area contributed by atoms with Gasteiger partial charge in [-0.3, -0.25) is 0 Å². The van der Waals surface area contributed by atoms with Crippen molar-refractivity contribution >= 4 is 17.7 Å². The van der Waals surface area contributed by atoms with Gasteiger partial charge in [-0.1, -0.05) is 0 Å². The van der Waals surface area contributed by atoms with E-state index in [4.69, 9.17) is 9.47 Å². The Morgan fingerprint density at radius 2 is 2.06 bits per heavy atom. The van der Waals surface area contributed by atoms with E-state index in [1.807, 2.05) is 27.7 Å². The molecule has 2 aliphatic rings. The van der Waals surface area contributed by atoms with Crippen LogP contribution in [0.2, 0.25) is 0 Å². The predicted octanol–water partition coefficient (Wildman–Crippen LogP) is 4.51. The van der Waals surface area contributed by atoms with Gasteiger partial charge < -0.3 is 19.7 Å². The van der Waals surface area contributed by atoms with Gasteiger partial charge in [0.25, 0.3) is 0 Å². The van der Waals surface area contributed by atoms with Gasteiger partial charge in [-0.15, -0.1) is 5.10 Å². The van der Waals surface area contributed by atoms with Crippen LogP contribution in [0.3, 0.4) is 0 Å². The molecule has 2 fully saturated rings. The highest BCUT2D eigenvalue weighted by atomic mass is 19.4. The molecule has 11 heteroatoms. The van der Waals surface area contributed by atoms with Crippen molar-refractivity contribution < 1.29 is 27.4 Å². The van der Waals surface area contributed by atoms with Crippen LogP contribution in [-0.2, 0) is 4.74 Å². The van der Waals surface area contributed by atoms with Gasteiger partial charge in [0.05, 0.1) is 0 Å². The molecule has 2 aromatic heterocycles. The maximum Gasteiger partial charge on any atom is 0.410 e. The molecular weight excluding hydrogens is 439 g/mol. The molecule has 0 bridgehead atoms. The minimum absolute atomic E-state index is 0.0285. The fourth-order valence-electron chi connectivity index (χ4n) is 3.94. The van der Waals surface area contributed by atoms with E-state index in [2.05, 4.69) is 15.4 Å². The zero-order valence-electron chi connectivity index (χ0n) is 19.3. The Balaban J connectivity index is 1.38. The van der Waals surface area contributed by atoms with Crippen LogP contribution in [-0.4, -0.2) is 63.1 Å². The summed E-state index contributed by atoms with van der Waals surface area (Å²) in [5, 5.41) is 7.64. The van der Waals surface area contributed by atoms with Gasteiger partial charge in [-0.2, -0.15) is 18.2 Å². The number of nitrogens with zero attached hydrogens (tertiary/aromatic N) is 4. The zero-order chi connectivity index (χ0) is 24.0. The SMILES string of the molecule is CC(Nc1nc2c(OCC3(C(F)(F)F)CC3)cccn2n1)C1CCN(C(=O)OC(C)(C)C)C1. The number of alkyl halides is 3. The maximum atomic E-state index is 13.2. The Morgan fingerprint density at radius 3 is 2.70 bits per heavy atom. The molecule has 0 spiro atoms. The third-order valence-corrected chi connectivity index (χ3v) is 6.23. The summed E-state index contributed by atoms with van der Waals surface area (Å²) in [6.07, 6.45) is -1.95. The summed E-state index contributed by atoms with van der Waals surface area (Å²) in [5.74, 6) is 0.797. The van der Waals surface area contributed by atoms with Crippen molar-refractivity contribution in [3.8, 4) is 5.75 Å². The molecule has 1 saturated carbocycles. The number of carbonyl (C=O) groups excluding carboxylic acids is 1. The summed E-state index contributed by atoms with van der Waals surface area (Å²) < 4.78 is 52.1. The fraction of sp³-hybridized carbons (Fsp3) is 0.682. The van der Waals surface area contributed by atoms with E-state index < -0.39 is 23.8 Å². The highest BCUT2D eigenvalue weighted by molar-refractivity contribution is 5.68. The van der Waals surface area contributed by atoms with E-state index in [0.29, 0.717) is 24.7 Å². The van der Waals surface area contributed by atoms with Gasteiger partial charge in [0, 0.05) is 25.3 Å². The van der Waals surface area contributed by atoms with Crippen LogP contribution in [0.15, 0.2) is 18.3 Å². The average Bonchev–Trinajstić information content (AvgIpc) is 3.16. The highest BCUT2D eigenvalue weighted by Crippen LogP contribution is 2.57. The van der Waals surface area contributed by atoms with E-state index in [1.54, 1.807) is 23.2 Å². The number of rotatable bonds is 6. The molecule has 1 amide bonds. The van der Waals surface area contributed by atoms with Crippen LogP contribution in [0, 0.1) is 11.3 Å². The quantitative estimate of drug-likeness (QED) is 0.671. The van der Waals surface area contributed by atoms with E-state index >= 15 is 0 Å². The molecule has 0 radical (unpaired) electrons. The van der Waals surface area contributed by atoms with Gasteiger partial charge in [-0.05, 0) is 65.0 Å². The number of hydrogen-bond donors (Lipinski definition) is 1. The summed E-state index contributed by atoms with van der Waals surface area (Å²) in [5.41, 5.74) is -1.94. The lowest BCUT2D eigenvalue weighted by atomic mass is 10.0. The molecule has 33 heavy (non-hydrogen) atoms. The Morgan fingerprint density at radius 1 is 1.33 bits per heavy atom. The molecule has 8 nitrogen and oxygen atoms in total. The van der Waals surface area contributed by atoms with Crippen LogP contribution < -0.4 is 10.1 Å². The van der Waals surface area contributed by atoms with E-state index in [9.17, 15) is 18.0 Å². The number of amides is 1. The minimum atomic E-state index is -4.28. The van der Waals surface area contributed by atoms with Crippen molar-refractivity contribution in [3.63, 3.8) is 0 Å². The Labute approximate surface area is 190 Å². The molecule has 0 aromatic carbocycles. The van der Waals surface area contributed by atoms with Crippen molar-refractivity contribution in [2.24, 2.45) is 11.3 Å². The van der Waals surface area contributed by atoms with Gasteiger partial charge in [0.2, 0.25) is 5.95 Å². The molecule has 2 aromatic rings. The molecule has 2 unspecified atom stereocenters. The third kappa shape index (κ3) is 5.11. The molecule has 182 valence electrons. The molecular formula is C22H30F3N5O3. The second-order valence-corrected chi connectivity index (χ2v) is 10.1. The monoisotopic (exact) mass is 469 g/mol. The standard InChI is InChI=1S/C22H30F3N5O3/c1-14(15-7-11-29(12-15)19(31)33-20(2,3)4)26-18-27-17-16(6-5-10-30(17)28-18)32-13-21(8-9-21)22(23,24)25/h5-6,10,14-15H,7-9,11-13H2,1-4H3,(H,26,28). The van der Waals surface area contributed by atoms with Crippen molar-refractivity contribution in [2.75, 3.05) is 25.0 Å². The summed E-state index contributed by atoms with van der Waals surface area (Å²) in [6, 6.07) is 3.23. The number of nitrogens with one attached hydrogen (secondary N) is 1. The first-order valence-corrected chi connectivity index (χ1v) is 11.2. The van der Waals surface area contributed by atoms with Crippen molar-refractivity contribution in [3.05, 3.63) is 18.3 Å². The summed E-state index contributed by atoms with van der Waals surface area (Å²) in [4.78, 5) is 18.5. The number of ether oxygens (including phenoxy) is 2. The first-order valence-electron chi connectivity index (χ1n) is 11.2. The lowest BCUT2D eigenvalue weighted by Crippen LogP contribution is -2.36. The van der Waals surface area contributed by atoms with Crippen molar-refractivity contribution in [2.45, 2.75) is 64.8 Å². The largest absolute Gasteiger partial charge is 0.489 e. The lowest BCUT2D eigenvalue weighted by molar-refractivity contribution is -0.194. The molecule has 1 N–H and O–H groups in total. The summed E-state index contributed by atoms with van der Waals surface area (Å²) >= 11 is 0. The highest BCUT2D eigenvalue weighted by Gasteiger charge is 2.64. The van der Waals surface area contributed by atoms with Crippen LogP contribution in [0.5, 0.6) is 5.75 Å². The second kappa shape index (κ2) is 8.25. The van der Waals surface area contributed by atoms with Crippen LogP contribution in [0.25, 0.3) is 5.65 Å². The van der Waals surface area contributed by atoms with Crippen molar-refractivity contribution in [1.82, 2.24) is 19.5 Å². The Hall–Kier alpha value is -2.72. The molecule has 1 aliphatic heterocycles. The van der Waals surface area contributed by atoms with Crippen LogP contribution in [0.4, 0.5) is 23.9 Å². The average molecular weight is 470 g/mol. The number of carbonyl (C=O) groups is 1. The number of halogens is 3. The van der Waals surface area contributed by atoms with Crippen LogP contribution in [0.1, 0.15) is 47.0 Å². The van der Waals surface area contributed by atoms with E-state index in [0.717, 1.165) is 6.42 Å². The molecule has 3 heterocycles. The van der Waals surface area contributed by atoms with E-state index in [-0.39, 0.29) is 36.6 Å². The van der Waals surface area contributed by atoms with Gasteiger partial charge in [-0.25, -0.2) is 9.31 Å². The lowest BCUT2D eigenvalue weighted by Gasteiger charge is -2.25. The molecule has 1 aliphatic carbocycles. The molecule has 4 rings (SSSR count). The number of likely N-dealkylation sites (tertiary alicyclic amines) is 1. The predicted molar refractivity (Wildman–Crippen MR) is 115 cm³/mol. The topological polar surface area (TPSA) is 81.0 Å². The number of fused-ring (bicyclic) bond motifs is 1.